The fourth-order valence-electron chi connectivity index (χ4n) is 3.01. The molecule has 1 rings (SSSR count). The molecule has 0 bridgehead atoms. The Hall–Kier alpha value is -1.92. The van der Waals surface area contributed by atoms with Crippen LogP contribution in [-0.4, -0.2) is 70.0 Å². The number of nitrogens with one attached hydrogen (secondary N) is 1. The lowest BCUT2D eigenvalue weighted by Crippen LogP contribution is -2.42. The highest BCUT2D eigenvalue weighted by molar-refractivity contribution is 7.86. The van der Waals surface area contributed by atoms with Gasteiger partial charge in [0.15, 0.2) is 6.10 Å². The Morgan fingerprint density at radius 3 is 2.38 bits per heavy atom. The molecule has 0 aromatic carbocycles. The number of carbonyl (C=O) groups excluding carboxylic acids is 3. The molecule has 0 spiro atoms. The van der Waals surface area contributed by atoms with E-state index in [1.54, 1.807) is 0 Å². The van der Waals surface area contributed by atoms with Crippen LogP contribution in [0, 0.1) is 11.3 Å². The van der Waals surface area contributed by atoms with Gasteiger partial charge in [0.1, 0.15) is 0 Å². The van der Waals surface area contributed by atoms with Gasteiger partial charge < -0.3 is 24.6 Å². The lowest BCUT2D eigenvalue weighted by Gasteiger charge is -2.28. The summed E-state index contributed by atoms with van der Waals surface area (Å²) in [6.07, 6.45) is 2.86. The Bertz CT molecular complexity index is 716. The van der Waals surface area contributed by atoms with Gasteiger partial charge in [-0.25, -0.2) is 9.59 Å². The smallest absolute Gasteiger partial charge is 0.434 e. The fraction of sp³-hybridized carbons (Fsp3) is 0.850. The maximum absolute atomic E-state index is 12.0. The predicted octanol–water partition coefficient (Wildman–Crippen LogP) is 1.48. The summed E-state index contributed by atoms with van der Waals surface area (Å²) in [5.41, 5.74) is -1.30. The second-order valence-corrected chi connectivity index (χ2v) is 10.3. The molecule has 1 fully saturated rings. The van der Waals surface area contributed by atoms with Crippen molar-refractivity contribution in [3.05, 3.63) is 0 Å². The van der Waals surface area contributed by atoms with Crippen molar-refractivity contribution < 1.29 is 46.3 Å². The van der Waals surface area contributed by atoms with Crippen molar-refractivity contribution >= 4 is 28.1 Å². The third-order valence-corrected chi connectivity index (χ3v) is 6.32. The van der Waals surface area contributed by atoms with Gasteiger partial charge in [0.2, 0.25) is 12.7 Å². The van der Waals surface area contributed by atoms with Crippen LogP contribution in [0.2, 0.25) is 0 Å². The lowest BCUT2D eigenvalue weighted by atomic mass is 9.88. The zero-order valence-electron chi connectivity index (χ0n) is 19.0. The minimum atomic E-state index is -3.92. The van der Waals surface area contributed by atoms with E-state index in [1.807, 2.05) is 0 Å². The molecule has 0 heterocycles. The highest BCUT2D eigenvalue weighted by Gasteiger charge is 2.36. The van der Waals surface area contributed by atoms with Gasteiger partial charge in [-0.3, -0.25) is 8.98 Å². The third kappa shape index (κ3) is 11.6. The number of aliphatic hydroxyl groups excluding tert-OH is 1. The Balaban J connectivity index is 2.31. The molecule has 0 aromatic rings. The first-order valence-corrected chi connectivity index (χ1v) is 12.3. The second-order valence-electron chi connectivity index (χ2n) is 8.54. The van der Waals surface area contributed by atoms with E-state index in [0.717, 1.165) is 25.7 Å². The van der Waals surface area contributed by atoms with Crippen molar-refractivity contribution in [2.75, 3.05) is 32.3 Å². The summed E-state index contributed by atoms with van der Waals surface area (Å²) in [6.45, 7) is 3.38. The highest BCUT2D eigenvalue weighted by Crippen LogP contribution is 2.24. The molecule has 1 amide bonds. The van der Waals surface area contributed by atoms with E-state index in [2.05, 4.69) is 10.1 Å². The predicted molar refractivity (Wildman–Crippen MR) is 113 cm³/mol. The summed E-state index contributed by atoms with van der Waals surface area (Å²) in [7, 11) is -3.92. The van der Waals surface area contributed by atoms with Crippen LogP contribution in [0.1, 0.15) is 59.3 Å². The van der Waals surface area contributed by atoms with E-state index < -0.39 is 47.2 Å². The van der Waals surface area contributed by atoms with Gasteiger partial charge in [-0.2, -0.15) is 8.42 Å². The number of hydrogen-bond acceptors (Lipinski definition) is 10. The van der Waals surface area contributed by atoms with Crippen LogP contribution in [-0.2, 0) is 38.1 Å². The number of rotatable bonds is 13. The molecule has 32 heavy (non-hydrogen) atoms. The van der Waals surface area contributed by atoms with Gasteiger partial charge in [-0.1, -0.05) is 33.1 Å². The summed E-state index contributed by atoms with van der Waals surface area (Å²) in [6, 6.07) is 0. The molecule has 1 saturated carbocycles. The van der Waals surface area contributed by atoms with E-state index in [-0.39, 0.29) is 31.2 Å². The van der Waals surface area contributed by atoms with Crippen LogP contribution < -0.4 is 5.32 Å². The maximum Gasteiger partial charge on any atom is 0.511 e. The van der Waals surface area contributed by atoms with Gasteiger partial charge >= 0.3 is 12.1 Å². The Labute approximate surface area is 189 Å². The standard InChI is InChI=1S/C20H35NO10S/c1-15(22)21-10-7-11-32(26,27)31-13-20(2,3)17(23)18(24)29-14-30-19(25)28-12-16-8-5-4-6-9-16/h16-17,23H,4-14H2,1-3H3,(H,21,22)/t17-/m0/s1. The van der Waals surface area contributed by atoms with Crippen LogP contribution in [0.15, 0.2) is 0 Å². The zero-order chi connectivity index (χ0) is 24.2. The molecule has 0 aromatic heterocycles. The van der Waals surface area contributed by atoms with Gasteiger partial charge in [0.25, 0.3) is 10.1 Å². The highest BCUT2D eigenvalue weighted by atomic mass is 32.2. The maximum atomic E-state index is 12.0. The summed E-state index contributed by atoms with van der Waals surface area (Å²) >= 11 is 0. The van der Waals surface area contributed by atoms with E-state index in [0.29, 0.717) is 5.92 Å². The number of hydrogen-bond donors (Lipinski definition) is 2. The average molecular weight is 482 g/mol. The Morgan fingerprint density at radius 1 is 1.09 bits per heavy atom. The molecule has 11 nitrogen and oxygen atoms in total. The number of carbonyl (C=O) groups is 3. The minimum absolute atomic E-state index is 0.154. The number of aliphatic hydroxyl groups is 1. The normalized spacial score (nSPS) is 16.1. The van der Waals surface area contributed by atoms with E-state index in [1.165, 1.54) is 27.2 Å². The lowest BCUT2D eigenvalue weighted by molar-refractivity contribution is -0.170. The summed E-state index contributed by atoms with van der Waals surface area (Å²) in [5.74, 6) is -1.39. The molecule has 0 radical (unpaired) electrons. The van der Waals surface area contributed by atoms with Crippen LogP contribution in [0.25, 0.3) is 0 Å². The van der Waals surface area contributed by atoms with Crippen molar-refractivity contribution in [2.45, 2.75) is 65.4 Å². The quantitative estimate of drug-likeness (QED) is 0.171. The first kappa shape index (κ1) is 28.1. The minimum Gasteiger partial charge on any atom is -0.434 e. The van der Waals surface area contributed by atoms with Crippen molar-refractivity contribution in [3.8, 4) is 0 Å². The van der Waals surface area contributed by atoms with Gasteiger partial charge in [-0.15, -0.1) is 0 Å². The molecule has 186 valence electrons. The largest absolute Gasteiger partial charge is 0.511 e. The third-order valence-electron chi connectivity index (χ3n) is 5.06. The molecule has 0 aliphatic heterocycles. The number of ether oxygens (including phenoxy) is 3. The van der Waals surface area contributed by atoms with Gasteiger partial charge in [-0.05, 0) is 25.2 Å². The van der Waals surface area contributed by atoms with Crippen LogP contribution >= 0.6 is 0 Å². The topological polar surface area (TPSA) is 155 Å². The van der Waals surface area contributed by atoms with E-state index in [9.17, 15) is 27.9 Å². The van der Waals surface area contributed by atoms with Crippen LogP contribution in [0.4, 0.5) is 4.79 Å². The first-order chi connectivity index (χ1) is 14.9. The molecule has 1 aliphatic rings. The molecule has 1 atom stereocenters. The first-order valence-electron chi connectivity index (χ1n) is 10.7. The van der Waals surface area contributed by atoms with E-state index >= 15 is 0 Å². The van der Waals surface area contributed by atoms with Crippen LogP contribution in [0.3, 0.4) is 0 Å². The van der Waals surface area contributed by atoms with Crippen molar-refractivity contribution in [3.63, 3.8) is 0 Å². The Morgan fingerprint density at radius 2 is 1.75 bits per heavy atom. The Kier molecular flexibility index (Phi) is 11.9. The van der Waals surface area contributed by atoms with Crippen molar-refractivity contribution in [1.29, 1.82) is 0 Å². The number of esters is 1. The molecular formula is C20H35NO10S. The summed E-state index contributed by atoms with van der Waals surface area (Å²) in [4.78, 5) is 34.4. The fourth-order valence-corrected chi connectivity index (χ4v) is 4.11. The summed E-state index contributed by atoms with van der Waals surface area (Å²) in [5, 5.41) is 12.7. The van der Waals surface area contributed by atoms with Gasteiger partial charge in [0.05, 0.1) is 19.0 Å². The van der Waals surface area contributed by atoms with Crippen molar-refractivity contribution in [2.24, 2.45) is 11.3 Å². The summed E-state index contributed by atoms with van der Waals surface area (Å²) < 4.78 is 43.2. The van der Waals surface area contributed by atoms with E-state index in [4.69, 9.17) is 13.7 Å². The molecule has 1 aliphatic carbocycles. The number of amides is 1. The molecule has 0 saturated heterocycles. The SMILES string of the molecule is CC(=O)NCCCS(=O)(=O)OCC(C)(C)[C@@H](O)C(=O)OCOC(=O)OCC1CCCCC1. The second kappa shape index (κ2) is 13.6. The molecule has 12 heteroatoms. The zero-order valence-corrected chi connectivity index (χ0v) is 19.8. The van der Waals surface area contributed by atoms with Gasteiger partial charge in [0, 0.05) is 18.9 Å². The van der Waals surface area contributed by atoms with Crippen molar-refractivity contribution in [1.82, 2.24) is 5.32 Å². The molecule has 2 N–H and O–H groups in total. The monoisotopic (exact) mass is 481 g/mol. The molecule has 0 unspecified atom stereocenters. The van der Waals surface area contributed by atoms with Crippen LogP contribution in [0.5, 0.6) is 0 Å². The average Bonchev–Trinajstić information content (AvgIpc) is 2.74. The molecular weight excluding hydrogens is 446 g/mol.